The van der Waals surface area contributed by atoms with Crippen molar-refractivity contribution in [2.75, 3.05) is 0 Å². The molecule has 0 heterocycles. The Bertz CT molecular complexity index is 2120. The highest BCUT2D eigenvalue weighted by Gasteiger charge is 2.34. The first-order valence-corrected chi connectivity index (χ1v) is 19.8. The van der Waals surface area contributed by atoms with Crippen molar-refractivity contribution in [1.29, 1.82) is 0 Å². The van der Waals surface area contributed by atoms with Gasteiger partial charge < -0.3 is 0 Å². The molecule has 0 aliphatic heterocycles. The van der Waals surface area contributed by atoms with Gasteiger partial charge in [-0.25, -0.2) is 0 Å². The molecule has 0 unspecified atom stereocenters. The summed E-state index contributed by atoms with van der Waals surface area (Å²) in [7, 11) is 0. The van der Waals surface area contributed by atoms with Crippen LogP contribution in [0.25, 0.3) is 0 Å². The SMILES string of the molecule is CCCC1CCC(c2ccc(C#Cc3ccc(Sc4cccc5c4C(=O)c4cccc(Sc6ccc(C(C)(C)C)cc6)c4C5=O)cc3)cc2)CC1. The van der Waals surface area contributed by atoms with Gasteiger partial charge in [0.15, 0.2) is 11.6 Å². The van der Waals surface area contributed by atoms with Gasteiger partial charge in [-0.05, 0) is 115 Å². The molecule has 5 aromatic carbocycles. The zero-order valence-corrected chi connectivity index (χ0v) is 31.6. The molecule has 2 nitrogen and oxygen atoms in total. The van der Waals surface area contributed by atoms with E-state index in [0.29, 0.717) is 28.2 Å². The molecule has 51 heavy (non-hydrogen) atoms. The van der Waals surface area contributed by atoms with Crippen molar-refractivity contribution in [3.8, 4) is 11.8 Å². The third-order valence-electron chi connectivity index (χ3n) is 10.3. The lowest BCUT2D eigenvalue weighted by atomic mass is 9.77. The highest BCUT2D eigenvalue weighted by atomic mass is 32.2. The van der Waals surface area contributed by atoms with Gasteiger partial charge in [0.1, 0.15) is 0 Å². The van der Waals surface area contributed by atoms with Crippen LogP contribution >= 0.6 is 23.5 Å². The second kappa shape index (κ2) is 15.1. The Morgan fingerprint density at radius 1 is 0.608 bits per heavy atom. The van der Waals surface area contributed by atoms with Crippen LogP contribution in [0.4, 0.5) is 0 Å². The van der Waals surface area contributed by atoms with Crippen LogP contribution in [-0.2, 0) is 5.41 Å². The molecule has 0 aromatic heterocycles. The van der Waals surface area contributed by atoms with Crippen molar-refractivity contribution >= 4 is 35.1 Å². The third-order valence-corrected chi connectivity index (χ3v) is 12.4. The van der Waals surface area contributed by atoms with Crippen LogP contribution < -0.4 is 0 Å². The number of hydrogen-bond donors (Lipinski definition) is 0. The highest BCUT2D eigenvalue weighted by Crippen LogP contribution is 2.42. The van der Waals surface area contributed by atoms with Crippen molar-refractivity contribution in [2.45, 2.75) is 97.1 Å². The van der Waals surface area contributed by atoms with E-state index in [-0.39, 0.29) is 17.0 Å². The van der Waals surface area contributed by atoms with E-state index in [1.54, 1.807) is 12.1 Å². The van der Waals surface area contributed by atoms with E-state index >= 15 is 0 Å². The van der Waals surface area contributed by atoms with Crippen LogP contribution in [0.1, 0.15) is 126 Å². The summed E-state index contributed by atoms with van der Waals surface area (Å²) in [5, 5.41) is 0. The minimum atomic E-state index is -0.106. The molecule has 0 saturated heterocycles. The Hall–Kier alpha value is -4.30. The second-order valence-corrected chi connectivity index (χ2v) is 17.1. The van der Waals surface area contributed by atoms with Crippen LogP contribution in [0.2, 0.25) is 0 Å². The molecule has 4 heteroatoms. The predicted octanol–water partition coefficient (Wildman–Crippen LogP) is 12.5. The zero-order valence-electron chi connectivity index (χ0n) is 29.9. The molecule has 0 bridgehead atoms. The Morgan fingerprint density at radius 2 is 1.08 bits per heavy atom. The maximum absolute atomic E-state index is 14.1. The van der Waals surface area contributed by atoms with Gasteiger partial charge in [0.05, 0.1) is 0 Å². The van der Waals surface area contributed by atoms with E-state index in [9.17, 15) is 9.59 Å². The molecule has 1 fully saturated rings. The maximum atomic E-state index is 14.1. The number of rotatable bonds is 7. The summed E-state index contributed by atoms with van der Waals surface area (Å²) in [4.78, 5) is 31.7. The molecule has 0 amide bonds. The van der Waals surface area contributed by atoms with Gasteiger partial charge in [-0.2, -0.15) is 0 Å². The fourth-order valence-corrected chi connectivity index (χ4v) is 9.36. The zero-order chi connectivity index (χ0) is 35.5. The standard InChI is InChI=1S/C47H44O2S2/c1-5-8-31-15-21-34(22-16-31)35-23-17-32(18-24-35)13-14-33-19-27-37(28-20-33)50-41-11-6-9-39-43(41)45(48)40-10-7-12-42(44(40)46(39)49)51-38-29-25-36(26-30-38)47(2,3)4/h6-7,9-12,17-20,23-31,34H,5,8,15-16,21-22H2,1-4H3. The lowest BCUT2D eigenvalue weighted by Crippen LogP contribution is -2.22. The monoisotopic (exact) mass is 704 g/mol. The molecule has 256 valence electrons. The number of carbonyl (C=O) groups excluding carboxylic acids is 2. The fourth-order valence-electron chi connectivity index (χ4n) is 7.41. The van der Waals surface area contributed by atoms with E-state index in [4.69, 9.17) is 0 Å². The Labute approximate surface area is 311 Å². The van der Waals surface area contributed by atoms with E-state index in [1.807, 2.05) is 48.5 Å². The van der Waals surface area contributed by atoms with Gasteiger partial charge >= 0.3 is 0 Å². The predicted molar refractivity (Wildman–Crippen MR) is 212 cm³/mol. The van der Waals surface area contributed by atoms with Gasteiger partial charge in [-0.3, -0.25) is 9.59 Å². The van der Waals surface area contributed by atoms with E-state index < -0.39 is 0 Å². The summed E-state index contributed by atoms with van der Waals surface area (Å²) in [6.07, 6.45) is 8.00. The normalized spacial score (nSPS) is 16.9. The van der Waals surface area contributed by atoms with Crippen molar-refractivity contribution in [2.24, 2.45) is 5.92 Å². The fraction of sp³-hybridized carbons (Fsp3) is 0.277. The molecule has 5 aromatic rings. The van der Waals surface area contributed by atoms with Gasteiger partial charge in [0.25, 0.3) is 0 Å². The van der Waals surface area contributed by atoms with Gasteiger partial charge in [0, 0.05) is 53.0 Å². The number of ketones is 2. The second-order valence-electron chi connectivity index (χ2n) is 14.9. The maximum Gasteiger partial charge on any atom is 0.195 e. The van der Waals surface area contributed by atoms with Crippen LogP contribution in [0, 0.1) is 17.8 Å². The van der Waals surface area contributed by atoms with Gasteiger partial charge in [-0.1, -0.05) is 124 Å². The smallest absolute Gasteiger partial charge is 0.195 e. The molecule has 1 saturated carbocycles. The number of carbonyl (C=O) groups is 2. The molecular formula is C47H44O2S2. The minimum absolute atomic E-state index is 0.0623. The first-order chi connectivity index (χ1) is 24.7. The molecule has 7 rings (SSSR count). The van der Waals surface area contributed by atoms with E-state index in [1.165, 1.54) is 73.2 Å². The van der Waals surface area contributed by atoms with Crippen LogP contribution in [0.15, 0.2) is 129 Å². The molecule has 0 radical (unpaired) electrons. The molecule has 2 aliphatic carbocycles. The third kappa shape index (κ3) is 7.81. The number of benzene rings is 5. The topological polar surface area (TPSA) is 34.1 Å². The molecule has 0 N–H and O–H groups in total. The van der Waals surface area contributed by atoms with Crippen molar-refractivity contribution in [3.05, 3.63) is 154 Å². The summed E-state index contributed by atoms with van der Waals surface area (Å²) in [5.74, 6) is 8.04. The van der Waals surface area contributed by atoms with E-state index in [0.717, 1.165) is 36.6 Å². The number of hydrogen-bond acceptors (Lipinski definition) is 4. The van der Waals surface area contributed by atoms with Crippen LogP contribution in [0.5, 0.6) is 0 Å². The summed E-state index contributed by atoms with van der Waals surface area (Å²) < 4.78 is 0. The van der Waals surface area contributed by atoms with Crippen LogP contribution in [0.3, 0.4) is 0 Å². The lowest BCUT2D eigenvalue weighted by molar-refractivity contribution is 0.0974. The first kappa shape index (κ1) is 35.1. The van der Waals surface area contributed by atoms with Crippen LogP contribution in [-0.4, -0.2) is 11.6 Å². The summed E-state index contributed by atoms with van der Waals surface area (Å²) in [6.45, 7) is 8.88. The molecular weight excluding hydrogens is 661 g/mol. The van der Waals surface area contributed by atoms with Crippen molar-refractivity contribution in [1.82, 2.24) is 0 Å². The van der Waals surface area contributed by atoms with Crippen molar-refractivity contribution < 1.29 is 9.59 Å². The number of fused-ring (bicyclic) bond motifs is 2. The summed E-state index contributed by atoms with van der Waals surface area (Å²) in [5.41, 5.74) is 6.64. The Balaban J connectivity index is 1.04. The lowest BCUT2D eigenvalue weighted by Gasteiger charge is -2.28. The molecule has 0 atom stereocenters. The Morgan fingerprint density at radius 3 is 1.55 bits per heavy atom. The average molecular weight is 705 g/mol. The molecule has 2 aliphatic rings. The summed E-state index contributed by atoms with van der Waals surface area (Å²) in [6, 6.07) is 36.6. The van der Waals surface area contributed by atoms with E-state index in [2.05, 4.69) is 88.1 Å². The van der Waals surface area contributed by atoms with Crippen molar-refractivity contribution in [3.63, 3.8) is 0 Å². The minimum Gasteiger partial charge on any atom is -0.289 e. The van der Waals surface area contributed by atoms with Gasteiger partial charge in [-0.15, -0.1) is 0 Å². The van der Waals surface area contributed by atoms with Gasteiger partial charge in [0.2, 0.25) is 0 Å². The largest absolute Gasteiger partial charge is 0.289 e. The summed E-state index contributed by atoms with van der Waals surface area (Å²) >= 11 is 3.04. The molecule has 0 spiro atoms. The Kier molecular flexibility index (Phi) is 10.4. The highest BCUT2D eigenvalue weighted by molar-refractivity contribution is 7.99. The quantitative estimate of drug-likeness (QED) is 0.155. The average Bonchev–Trinajstić information content (AvgIpc) is 3.14. The first-order valence-electron chi connectivity index (χ1n) is 18.2.